The van der Waals surface area contributed by atoms with Gasteiger partial charge < -0.3 is 14.2 Å². The summed E-state index contributed by atoms with van der Waals surface area (Å²) in [6.45, 7) is 11.8. The van der Waals surface area contributed by atoms with Gasteiger partial charge in [0.1, 0.15) is 5.69 Å². The number of piperazine rings is 1. The summed E-state index contributed by atoms with van der Waals surface area (Å²) in [4.78, 5) is 25.9. The molecule has 0 unspecified atom stereocenters. The fourth-order valence-corrected chi connectivity index (χ4v) is 4.10. The lowest BCUT2D eigenvalue weighted by Crippen LogP contribution is -2.48. The number of anilines is 1. The molecule has 0 bridgehead atoms. The maximum atomic E-state index is 13.1. The largest absolute Gasteiger partial charge is 0.422 e. The average molecular weight is 460 g/mol. The Kier molecular flexibility index (Phi) is 5.55. The Morgan fingerprint density at radius 3 is 2.44 bits per heavy atom. The van der Waals surface area contributed by atoms with Crippen molar-refractivity contribution in [3.05, 3.63) is 53.9 Å². The summed E-state index contributed by atoms with van der Waals surface area (Å²) in [7, 11) is 0. The van der Waals surface area contributed by atoms with E-state index in [9.17, 15) is 4.79 Å². The van der Waals surface area contributed by atoms with Gasteiger partial charge in [-0.25, -0.2) is 4.98 Å². The van der Waals surface area contributed by atoms with Crippen LogP contribution in [0.3, 0.4) is 0 Å². The molecule has 34 heavy (non-hydrogen) atoms. The van der Waals surface area contributed by atoms with Crippen LogP contribution in [0.25, 0.3) is 22.5 Å². The molecule has 1 aromatic carbocycles. The molecule has 4 aromatic rings. The standard InChI is InChI=1S/C25H29N7O2/c1-17-5-10-21-22(26-17)27-24(34-21)31-13-11-30(12-14-31)23(33)19-8-6-18(7-9-19)20-15-32(29-28-20)16-25(2,3)4/h5-10,15H,11-14,16H2,1-4H3. The van der Waals surface area contributed by atoms with Gasteiger partial charge in [0.25, 0.3) is 11.9 Å². The van der Waals surface area contributed by atoms with Crippen molar-refractivity contribution in [3.8, 4) is 11.3 Å². The summed E-state index contributed by atoms with van der Waals surface area (Å²) < 4.78 is 7.73. The Labute approximate surface area is 198 Å². The summed E-state index contributed by atoms with van der Waals surface area (Å²) in [5.41, 5.74) is 4.75. The molecular weight excluding hydrogens is 430 g/mol. The Morgan fingerprint density at radius 2 is 1.74 bits per heavy atom. The van der Waals surface area contributed by atoms with Gasteiger partial charge in [-0.1, -0.05) is 38.1 Å². The van der Waals surface area contributed by atoms with Crippen molar-refractivity contribution in [1.29, 1.82) is 0 Å². The lowest BCUT2D eigenvalue weighted by Gasteiger charge is -2.33. The topological polar surface area (TPSA) is 93.2 Å². The normalized spacial score (nSPS) is 14.7. The first-order chi connectivity index (χ1) is 16.2. The second-order valence-corrected chi connectivity index (χ2v) is 9.99. The van der Waals surface area contributed by atoms with Crippen molar-refractivity contribution in [2.75, 3.05) is 31.1 Å². The van der Waals surface area contributed by atoms with Gasteiger partial charge in [0, 0.05) is 49.5 Å². The van der Waals surface area contributed by atoms with E-state index in [1.807, 2.05) is 59.1 Å². The number of amides is 1. The van der Waals surface area contributed by atoms with E-state index in [2.05, 4.69) is 46.0 Å². The number of hydrogen-bond acceptors (Lipinski definition) is 7. The molecule has 9 heteroatoms. The molecule has 0 saturated carbocycles. The van der Waals surface area contributed by atoms with E-state index in [0.717, 1.165) is 23.5 Å². The van der Waals surface area contributed by atoms with Crippen LogP contribution in [-0.2, 0) is 6.54 Å². The van der Waals surface area contributed by atoms with Gasteiger partial charge in [0.2, 0.25) is 5.65 Å². The molecule has 0 atom stereocenters. The minimum absolute atomic E-state index is 0.0254. The Balaban J connectivity index is 1.21. The number of hydrogen-bond donors (Lipinski definition) is 0. The Morgan fingerprint density at radius 1 is 1.00 bits per heavy atom. The molecule has 1 fully saturated rings. The number of oxazole rings is 1. The van der Waals surface area contributed by atoms with Gasteiger partial charge in [-0.3, -0.25) is 9.48 Å². The molecule has 5 rings (SSSR count). The van der Waals surface area contributed by atoms with Crippen LogP contribution in [0.5, 0.6) is 0 Å². The van der Waals surface area contributed by atoms with Gasteiger partial charge >= 0.3 is 0 Å². The Bertz CT molecular complexity index is 1310. The molecule has 176 valence electrons. The van der Waals surface area contributed by atoms with E-state index in [1.165, 1.54) is 0 Å². The number of aromatic nitrogens is 5. The van der Waals surface area contributed by atoms with Crippen molar-refractivity contribution < 1.29 is 9.21 Å². The number of pyridine rings is 1. The predicted molar refractivity (Wildman–Crippen MR) is 130 cm³/mol. The van der Waals surface area contributed by atoms with Crippen LogP contribution in [0.4, 0.5) is 6.01 Å². The quantitative estimate of drug-likeness (QED) is 0.458. The summed E-state index contributed by atoms with van der Waals surface area (Å²) >= 11 is 0. The molecule has 4 heterocycles. The molecule has 3 aromatic heterocycles. The molecule has 0 radical (unpaired) electrons. The highest BCUT2D eigenvalue weighted by atomic mass is 16.4. The van der Waals surface area contributed by atoms with E-state index in [4.69, 9.17) is 4.42 Å². The highest BCUT2D eigenvalue weighted by Crippen LogP contribution is 2.23. The minimum atomic E-state index is 0.0254. The minimum Gasteiger partial charge on any atom is -0.422 e. The summed E-state index contributed by atoms with van der Waals surface area (Å²) in [6, 6.07) is 12.0. The Hall–Kier alpha value is -3.75. The highest BCUT2D eigenvalue weighted by molar-refractivity contribution is 5.94. The first-order valence-corrected chi connectivity index (χ1v) is 11.5. The lowest BCUT2D eigenvalue weighted by molar-refractivity contribution is 0.0745. The third-order valence-electron chi connectivity index (χ3n) is 5.82. The van der Waals surface area contributed by atoms with Crippen LogP contribution in [0, 0.1) is 12.3 Å². The zero-order chi connectivity index (χ0) is 23.9. The number of fused-ring (bicyclic) bond motifs is 1. The summed E-state index contributed by atoms with van der Waals surface area (Å²) in [5, 5.41) is 8.51. The van der Waals surface area contributed by atoms with Crippen molar-refractivity contribution in [2.24, 2.45) is 5.41 Å². The first-order valence-electron chi connectivity index (χ1n) is 11.5. The number of carbonyl (C=O) groups excluding carboxylic acids is 1. The van der Waals surface area contributed by atoms with Gasteiger partial charge in [-0.2, -0.15) is 4.98 Å². The monoisotopic (exact) mass is 459 g/mol. The van der Waals surface area contributed by atoms with Gasteiger partial charge in [-0.15, -0.1) is 5.10 Å². The van der Waals surface area contributed by atoms with Crippen LogP contribution in [0.2, 0.25) is 0 Å². The van der Waals surface area contributed by atoms with Crippen molar-refractivity contribution in [3.63, 3.8) is 0 Å². The van der Waals surface area contributed by atoms with E-state index in [0.29, 0.717) is 49.0 Å². The van der Waals surface area contributed by atoms with E-state index in [-0.39, 0.29) is 11.3 Å². The second kappa shape index (κ2) is 8.55. The van der Waals surface area contributed by atoms with Gasteiger partial charge in [-0.05, 0) is 36.6 Å². The molecular formula is C25H29N7O2. The zero-order valence-corrected chi connectivity index (χ0v) is 20.0. The van der Waals surface area contributed by atoms with E-state index < -0.39 is 0 Å². The van der Waals surface area contributed by atoms with Crippen LogP contribution in [0.1, 0.15) is 36.8 Å². The van der Waals surface area contributed by atoms with Crippen molar-refractivity contribution in [2.45, 2.75) is 34.2 Å². The average Bonchev–Trinajstić information content (AvgIpc) is 3.44. The molecule has 0 spiro atoms. The zero-order valence-electron chi connectivity index (χ0n) is 20.0. The highest BCUT2D eigenvalue weighted by Gasteiger charge is 2.25. The number of rotatable bonds is 4. The number of nitrogens with zero attached hydrogens (tertiary/aromatic N) is 7. The molecule has 1 saturated heterocycles. The molecule has 1 aliphatic heterocycles. The number of aryl methyl sites for hydroxylation is 1. The first kappa shape index (κ1) is 22.1. The van der Waals surface area contributed by atoms with Crippen LogP contribution in [0.15, 0.2) is 47.0 Å². The number of benzene rings is 1. The van der Waals surface area contributed by atoms with Crippen LogP contribution in [-0.4, -0.2) is 61.9 Å². The van der Waals surface area contributed by atoms with Crippen LogP contribution < -0.4 is 4.90 Å². The summed E-state index contributed by atoms with van der Waals surface area (Å²) in [5.74, 6) is 0.0254. The second-order valence-electron chi connectivity index (χ2n) is 9.99. The fourth-order valence-electron chi connectivity index (χ4n) is 4.10. The van der Waals surface area contributed by atoms with Crippen LogP contribution >= 0.6 is 0 Å². The maximum absolute atomic E-state index is 13.1. The van der Waals surface area contributed by atoms with Gasteiger partial charge in [0.05, 0.1) is 6.20 Å². The van der Waals surface area contributed by atoms with Crippen molar-refractivity contribution >= 4 is 23.2 Å². The summed E-state index contributed by atoms with van der Waals surface area (Å²) in [6.07, 6.45) is 1.95. The van der Waals surface area contributed by atoms with Gasteiger partial charge in [0.15, 0.2) is 5.58 Å². The molecule has 9 nitrogen and oxygen atoms in total. The molecule has 1 aliphatic rings. The smallest absolute Gasteiger partial charge is 0.300 e. The maximum Gasteiger partial charge on any atom is 0.300 e. The molecule has 0 N–H and O–H groups in total. The third-order valence-corrected chi connectivity index (χ3v) is 5.82. The van der Waals surface area contributed by atoms with Crippen molar-refractivity contribution in [1.82, 2.24) is 29.9 Å². The SMILES string of the molecule is Cc1ccc2oc(N3CCN(C(=O)c4ccc(-c5cn(CC(C)(C)C)nn5)cc4)CC3)nc2n1. The molecule has 0 aliphatic carbocycles. The fraction of sp³-hybridized carbons (Fsp3) is 0.400. The molecule has 1 amide bonds. The lowest BCUT2D eigenvalue weighted by atomic mass is 9.97. The predicted octanol–water partition coefficient (Wildman–Crippen LogP) is 3.80. The van der Waals surface area contributed by atoms with E-state index in [1.54, 1.807) is 0 Å². The third kappa shape index (κ3) is 4.64. The number of carbonyl (C=O) groups is 1. The van der Waals surface area contributed by atoms with E-state index >= 15 is 0 Å².